The van der Waals surface area contributed by atoms with Crippen molar-refractivity contribution in [2.75, 3.05) is 5.32 Å². The second kappa shape index (κ2) is 9.52. The normalized spacial score (nSPS) is 15.8. The first-order chi connectivity index (χ1) is 16.5. The summed E-state index contributed by atoms with van der Waals surface area (Å²) in [7, 11) is 0. The zero-order chi connectivity index (χ0) is 25.2. The number of hydrogen-bond donors (Lipinski definition) is 2. The minimum Gasteiger partial charge on any atom is -0.444 e. The van der Waals surface area contributed by atoms with Gasteiger partial charge in [0, 0.05) is 40.9 Å². The maximum atomic E-state index is 13.0. The number of alkyl halides is 3. The van der Waals surface area contributed by atoms with Gasteiger partial charge < -0.3 is 15.4 Å². The third kappa shape index (κ3) is 6.26. The number of anilines is 2. The largest absolute Gasteiger partial charge is 0.444 e. The van der Waals surface area contributed by atoms with Gasteiger partial charge in [0.2, 0.25) is 0 Å². The van der Waals surface area contributed by atoms with Gasteiger partial charge in [0.05, 0.1) is 5.56 Å². The number of hydrogen-bond acceptors (Lipinski definition) is 6. The van der Waals surface area contributed by atoms with Crippen LogP contribution >= 0.6 is 0 Å². The Balaban J connectivity index is 1.64. The molecule has 1 unspecified atom stereocenters. The van der Waals surface area contributed by atoms with Crippen molar-refractivity contribution in [2.24, 2.45) is 0 Å². The molecule has 10 heteroatoms. The fraction of sp³-hybridized carbons (Fsp3) is 0.360. The lowest BCUT2D eigenvalue weighted by Gasteiger charge is -2.28. The van der Waals surface area contributed by atoms with E-state index in [1.807, 2.05) is 0 Å². The van der Waals surface area contributed by atoms with Crippen LogP contribution in [0.25, 0.3) is 11.4 Å². The van der Waals surface area contributed by atoms with Crippen LogP contribution in [0.1, 0.15) is 44.0 Å². The first-order valence-electron chi connectivity index (χ1n) is 11.2. The molecule has 1 aliphatic rings. The standard InChI is InChI=1S/C25H26F3N5O2/c1-24(2,3)35-23(34)31-18-8-9-20-19(14-18)22(33-21(32-20)15-10-12-29-13-11-15)30-17-6-4-16(5-7-17)25(26,27)28/h4-7,10-13,18H,8-9,14H2,1-3H3,(H,31,34)(H,30,32,33). The number of aryl methyl sites for hydroxylation is 1. The number of alkyl carbamates (subject to hydrolysis) is 1. The molecule has 4 rings (SSSR count). The maximum Gasteiger partial charge on any atom is 0.416 e. The molecule has 1 aliphatic carbocycles. The molecule has 2 aromatic heterocycles. The summed E-state index contributed by atoms with van der Waals surface area (Å²) in [6, 6.07) is 8.16. The van der Waals surface area contributed by atoms with Crippen LogP contribution in [-0.4, -0.2) is 32.7 Å². The highest BCUT2D eigenvalue weighted by Gasteiger charge is 2.30. The van der Waals surface area contributed by atoms with Gasteiger partial charge in [-0.15, -0.1) is 0 Å². The summed E-state index contributed by atoms with van der Waals surface area (Å²) in [5, 5.41) is 6.05. The van der Waals surface area contributed by atoms with E-state index in [9.17, 15) is 18.0 Å². The van der Waals surface area contributed by atoms with Gasteiger partial charge in [-0.2, -0.15) is 13.2 Å². The van der Waals surface area contributed by atoms with Crippen molar-refractivity contribution < 1.29 is 22.7 Å². The van der Waals surface area contributed by atoms with Gasteiger partial charge in [-0.05, 0) is 76.4 Å². The molecule has 0 bridgehead atoms. The summed E-state index contributed by atoms with van der Waals surface area (Å²) in [5.74, 6) is 0.969. The first kappa shape index (κ1) is 24.4. The van der Waals surface area contributed by atoms with Crippen LogP contribution in [0.15, 0.2) is 48.8 Å². The molecule has 2 heterocycles. The number of carbonyl (C=O) groups excluding carboxylic acids is 1. The molecule has 7 nitrogen and oxygen atoms in total. The number of fused-ring (bicyclic) bond motifs is 1. The van der Waals surface area contributed by atoms with E-state index in [2.05, 4.69) is 20.6 Å². The zero-order valence-corrected chi connectivity index (χ0v) is 19.6. The molecule has 184 valence electrons. The molecule has 0 radical (unpaired) electrons. The first-order valence-corrected chi connectivity index (χ1v) is 11.2. The van der Waals surface area contributed by atoms with Crippen molar-refractivity contribution in [1.82, 2.24) is 20.3 Å². The summed E-state index contributed by atoms with van der Waals surface area (Å²) in [5.41, 5.74) is 1.51. The third-order valence-corrected chi connectivity index (χ3v) is 5.41. The van der Waals surface area contributed by atoms with Crippen molar-refractivity contribution in [3.63, 3.8) is 0 Å². The molecule has 3 aromatic rings. The summed E-state index contributed by atoms with van der Waals surface area (Å²) < 4.78 is 44.3. The third-order valence-electron chi connectivity index (χ3n) is 5.41. The Bertz CT molecular complexity index is 1190. The van der Waals surface area contributed by atoms with Crippen molar-refractivity contribution in [3.8, 4) is 11.4 Å². The van der Waals surface area contributed by atoms with Crippen LogP contribution in [0.4, 0.5) is 29.5 Å². The van der Waals surface area contributed by atoms with Gasteiger partial charge in [0.15, 0.2) is 5.82 Å². The number of halogens is 3. The van der Waals surface area contributed by atoms with Crippen molar-refractivity contribution in [1.29, 1.82) is 0 Å². The fourth-order valence-corrected chi connectivity index (χ4v) is 3.82. The molecule has 0 saturated carbocycles. The van der Waals surface area contributed by atoms with E-state index >= 15 is 0 Å². The second-order valence-electron chi connectivity index (χ2n) is 9.34. The van der Waals surface area contributed by atoms with Crippen LogP contribution in [0, 0.1) is 0 Å². The predicted octanol–water partition coefficient (Wildman–Crippen LogP) is 5.68. The van der Waals surface area contributed by atoms with E-state index in [-0.39, 0.29) is 6.04 Å². The molecule has 0 fully saturated rings. The number of carbonyl (C=O) groups is 1. The van der Waals surface area contributed by atoms with Gasteiger partial charge in [-0.25, -0.2) is 14.8 Å². The van der Waals surface area contributed by atoms with Crippen molar-refractivity contribution in [2.45, 2.75) is 57.9 Å². The van der Waals surface area contributed by atoms with Crippen LogP contribution < -0.4 is 10.6 Å². The molecular formula is C25H26F3N5O2. The van der Waals surface area contributed by atoms with E-state index < -0.39 is 23.4 Å². The van der Waals surface area contributed by atoms with Crippen LogP contribution in [0.5, 0.6) is 0 Å². The quantitative estimate of drug-likeness (QED) is 0.494. The Morgan fingerprint density at radius 3 is 2.34 bits per heavy atom. The molecule has 2 N–H and O–H groups in total. The number of rotatable bonds is 4. The fourth-order valence-electron chi connectivity index (χ4n) is 3.82. The van der Waals surface area contributed by atoms with Crippen LogP contribution in [0.2, 0.25) is 0 Å². The highest BCUT2D eigenvalue weighted by molar-refractivity contribution is 5.69. The number of nitrogens with zero attached hydrogens (tertiary/aromatic N) is 3. The molecule has 1 amide bonds. The van der Waals surface area contributed by atoms with Crippen molar-refractivity contribution in [3.05, 3.63) is 65.6 Å². The number of aromatic nitrogens is 3. The van der Waals surface area contributed by atoms with Crippen LogP contribution in [0.3, 0.4) is 0 Å². The number of amides is 1. The van der Waals surface area contributed by atoms with E-state index in [0.717, 1.165) is 29.0 Å². The average Bonchev–Trinajstić information content (AvgIpc) is 2.78. The topological polar surface area (TPSA) is 89.0 Å². The van der Waals surface area contributed by atoms with Gasteiger partial charge in [-0.1, -0.05) is 0 Å². The summed E-state index contributed by atoms with van der Waals surface area (Å²) in [6.07, 6.45) is 0.0775. The summed E-state index contributed by atoms with van der Waals surface area (Å²) >= 11 is 0. The minimum atomic E-state index is -4.42. The lowest BCUT2D eigenvalue weighted by molar-refractivity contribution is -0.137. The summed E-state index contributed by atoms with van der Waals surface area (Å²) in [4.78, 5) is 25.7. The van der Waals surface area contributed by atoms with Gasteiger partial charge >= 0.3 is 12.3 Å². The number of ether oxygens (including phenoxy) is 1. The Labute approximate surface area is 201 Å². The molecule has 35 heavy (non-hydrogen) atoms. The molecule has 1 atom stereocenters. The predicted molar refractivity (Wildman–Crippen MR) is 125 cm³/mol. The molecule has 1 aromatic carbocycles. The van der Waals surface area contributed by atoms with E-state index in [1.165, 1.54) is 12.1 Å². The summed E-state index contributed by atoms with van der Waals surface area (Å²) in [6.45, 7) is 5.38. The van der Waals surface area contributed by atoms with E-state index in [4.69, 9.17) is 9.72 Å². The van der Waals surface area contributed by atoms with Crippen LogP contribution in [-0.2, 0) is 23.8 Å². The highest BCUT2D eigenvalue weighted by Crippen LogP contribution is 2.33. The lowest BCUT2D eigenvalue weighted by Crippen LogP contribution is -2.42. The number of benzene rings is 1. The second-order valence-corrected chi connectivity index (χ2v) is 9.34. The monoisotopic (exact) mass is 485 g/mol. The maximum absolute atomic E-state index is 13.0. The average molecular weight is 486 g/mol. The van der Waals surface area contributed by atoms with Gasteiger partial charge in [-0.3, -0.25) is 4.98 Å². The van der Waals surface area contributed by atoms with Gasteiger partial charge in [0.1, 0.15) is 11.4 Å². The smallest absolute Gasteiger partial charge is 0.416 e. The minimum absolute atomic E-state index is 0.194. The molecule has 0 saturated heterocycles. The number of pyridine rings is 1. The van der Waals surface area contributed by atoms with E-state index in [0.29, 0.717) is 36.6 Å². The highest BCUT2D eigenvalue weighted by atomic mass is 19.4. The molecule has 0 spiro atoms. The lowest BCUT2D eigenvalue weighted by atomic mass is 9.91. The van der Waals surface area contributed by atoms with Crippen molar-refractivity contribution >= 4 is 17.6 Å². The Morgan fingerprint density at radius 2 is 1.71 bits per heavy atom. The molecule has 0 aliphatic heterocycles. The van der Waals surface area contributed by atoms with Gasteiger partial charge in [0.25, 0.3) is 0 Å². The Hall–Kier alpha value is -3.69. The number of nitrogens with one attached hydrogen (secondary N) is 2. The molecular weight excluding hydrogens is 459 g/mol. The Kier molecular flexibility index (Phi) is 6.64. The Morgan fingerprint density at radius 1 is 1.03 bits per heavy atom. The SMILES string of the molecule is CC(C)(C)OC(=O)NC1CCc2nc(-c3ccncc3)nc(Nc3ccc(C(F)(F)F)cc3)c2C1. The van der Waals surface area contributed by atoms with E-state index in [1.54, 1.807) is 45.3 Å². The zero-order valence-electron chi connectivity index (χ0n) is 19.6.